The maximum Gasteiger partial charge on any atom is 0.138 e. The molecule has 3 rings (SSSR count). The summed E-state index contributed by atoms with van der Waals surface area (Å²) in [5.74, 6) is 0.838. The lowest BCUT2D eigenvalue weighted by atomic mass is 10.2. The molecule has 23 heavy (non-hydrogen) atoms. The van der Waals surface area contributed by atoms with Gasteiger partial charge in [0.05, 0.1) is 12.8 Å². The molecule has 6 heteroatoms. The second kappa shape index (κ2) is 9.57. The van der Waals surface area contributed by atoms with Crippen molar-refractivity contribution < 1.29 is 9.84 Å². The SMILES string of the molecule is CN1CCC[C@H]1CO.CN1CCC[C@H]1COc1cncc(Br)c1. The van der Waals surface area contributed by atoms with Crippen LogP contribution in [0.2, 0.25) is 0 Å². The van der Waals surface area contributed by atoms with E-state index in [4.69, 9.17) is 9.84 Å². The summed E-state index contributed by atoms with van der Waals surface area (Å²) in [4.78, 5) is 8.62. The highest BCUT2D eigenvalue weighted by molar-refractivity contribution is 9.10. The first-order valence-electron chi connectivity index (χ1n) is 8.35. The number of aromatic nitrogens is 1. The lowest BCUT2D eigenvalue weighted by molar-refractivity contribution is 0.182. The first kappa shape index (κ1) is 18.6. The number of aliphatic hydroxyl groups excluding tert-OH is 1. The summed E-state index contributed by atoms with van der Waals surface area (Å²) in [5.41, 5.74) is 0. The molecule has 1 aromatic heterocycles. The van der Waals surface area contributed by atoms with Crippen LogP contribution in [0, 0.1) is 0 Å². The molecule has 2 atom stereocenters. The molecule has 1 N–H and O–H groups in total. The van der Waals surface area contributed by atoms with Crippen LogP contribution in [0.15, 0.2) is 22.9 Å². The standard InChI is InChI=1S/C11H15BrN2O.C6H13NO/c1-14-4-2-3-10(14)8-15-11-5-9(12)6-13-7-11;1-7-4-2-3-6(7)5-8/h5-7,10H,2-4,8H2,1H3;6,8H,2-5H2,1H3/t10-;6-/m00/s1. The Labute approximate surface area is 147 Å². The number of nitrogens with zero attached hydrogens (tertiary/aromatic N) is 3. The van der Waals surface area contributed by atoms with Crippen molar-refractivity contribution in [2.24, 2.45) is 0 Å². The molecular weight excluding hydrogens is 358 g/mol. The zero-order chi connectivity index (χ0) is 16.7. The van der Waals surface area contributed by atoms with E-state index < -0.39 is 0 Å². The number of hydrogen-bond donors (Lipinski definition) is 1. The largest absolute Gasteiger partial charge is 0.490 e. The van der Waals surface area contributed by atoms with Gasteiger partial charge in [0.1, 0.15) is 12.4 Å². The van der Waals surface area contributed by atoms with E-state index in [0.717, 1.165) is 23.4 Å². The summed E-state index contributed by atoms with van der Waals surface area (Å²) in [6.07, 6.45) is 8.45. The maximum absolute atomic E-state index is 8.69. The molecule has 1 aromatic rings. The van der Waals surface area contributed by atoms with Crippen molar-refractivity contribution in [1.29, 1.82) is 0 Å². The van der Waals surface area contributed by atoms with E-state index in [9.17, 15) is 0 Å². The average Bonchev–Trinajstić information content (AvgIpc) is 3.14. The quantitative estimate of drug-likeness (QED) is 0.861. The third kappa shape index (κ3) is 6.03. The fourth-order valence-electron chi connectivity index (χ4n) is 3.06. The number of pyridine rings is 1. The molecule has 2 aliphatic rings. The van der Waals surface area contributed by atoms with Crippen LogP contribution in [-0.2, 0) is 0 Å². The minimum absolute atomic E-state index is 0.330. The lowest BCUT2D eigenvalue weighted by Crippen LogP contribution is -2.30. The van der Waals surface area contributed by atoms with Crippen LogP contribution in [0.25, 0.3) is 0 Å². The first-order valence-corrected chi connectivity index (χ1v) is 9.14. The van der Waals surface area contributed by atoms with E-state index in [2.05, 4.69) is 44.8 Å². The Morgan fingerprint density at radius 2 is 1.83 bits per heavy atom. The molecular formula is C17H28BrN3O2. The third-order valence-corrected chi connectivity index (χ3v) is 5.11. The van der Waals surface area contributed by atoms with Crippen LogP contribution in [0.5, 0.6) is 5.75 Å². The van der Waals surface area contributed by atoms with Gasteiger partial charge in [0.25, 0.3) is 0 Å². The van der Waals surface area contributed by atoms with E-state index in [0.29, 0.717) is 18.7 Å². The van der Waals surface area contributed by atoms with Gasteiger partial charge in [0, 0.05) is 22.8 Å². The van der Waals surface area contributed by atoms with E-state index >= 15 is 0 Å². The van der Waals surface area contributed by atoms with Crippen LogP contribution in [0.4, 0.5) is 0 Å². The average molecular weight is 386 g/mol. The van der Waals surface area contributed by atoms with Gasteiger partial charge < -0.3 is 19.6 Å². The van der Waals surface area contributed by atoms with E-state index in [1.165, 1.54) is 32.2 Å². The van der Waals surface area contributed by atoms with Crippen molar-refractivity contribution >= 4 is 15.9 Å². The van der Waals surface area contributed by atoms with Gasteiger partial charge >= 0.3 is 0 Å². The van der Waals surface area contributed by atoms with E-state index in [1.807, 2.05) is 6.07 Å². The summed E-state index contributed by atoms with van der Waals surface area (Å²) in [6, 6.07) is 2.96. The highest BCUT2D eigenvalue weighted by atomic mass is 79.9. The number of halogens is 1. The van der Waals surface area contributed by atoms with Gasteiger partial charge in [-0.15, -0.1) is 0 Å². The van der Waals surface area contributed by atoms with Gasteiger partial charge in [0.15, 0.2) is 0 Å². The Morgan fingerprint density at radius 1 is 1.17 bits per heavy atom. The van der Waals surface area contributed by atoms with Crippen molar-refractivity contribution in [2.75, 3.05) is 40.4 Å². The smallest absolute Gasteiger partial charge is 0.138 e. The van der Waals surface area contributed by atoms with Crippen LogP contribution >= 0.6 is 15.9 Å². The molecule has 0 spiro atoms. The molecule has 2 saturated heterocycles. The molecule has 0 saturated carbocycles. The predicted octanol–water partition coefficient (Wildman–Crippen LogP) is 2.39. The van der Waals surface area contributed by atoms with E-state index in [1.54, 1.807) is 12.4 Å². The van der Waals surface area contributed by atoms with Crippen molar-refractivity contribution in [1.82, 2.24) is 14.8 Å². The molecule has 5 nitrogen and oxygen atoms in total. The molecule has 0 bridgehead atoms. The second-order valence-corrected chi connectivity index (χ2v) is 7.30. The highest BCUT2D eigenvalue weighted by Gasteiger charge is 2.21. The van der Waals surface area contributed by atoms with Crippen LogP contribution in [0.3, 0.4) is 0 Å². The summed E-state index contributed by atoms with van der Waals surface area (Å²) in [7, 11) is 4.22. The molecule has 0 unspecified atom stereocenters. The molecule has 2 fully saturated rings. The Hall–Kier alpha value is -0.690. The highest BCUT2D eigenvalue weighted by Crippen LogP contribution is 2.19. The van der Waals surface area contributed by atoms with Crippen LogP contribution < -0.4 is 4.74 Å². The number of likely N-dealkylation sites (tertiary alicyclic amines) is 2. The number of ether oxygens (including phenoxy) is 1. The van der Waals surface area contributed by atoms with Crippen LogP contribution in [-0.4, -0.2) is 72.4 Å². The van der Waals surface area contributed by atoms with Gasteiger partial charge in [-0.1, -0.05) is 0 Å². The fourth-order valence-corrected chi connectivity index (χ4v) is 3.41. The molecule has 0 radical (unpaired) electrons. The van der Waals surface area contributed by atoms with Gasteiger partial charge in [-0.2, -0.15) is 0 Å². The molecule has 0 amide bonds. The summed E-state index contributed by atoms with van der Waals surface area (Å²) in [5, 5.41) is 8.69. The molecule has 2 aliphatic heterocycles. The Balaban J connectivity index is 0.000000203. The summed E-state index contributed by atoms with van der Waals surface area (Å²) in [6.45, 7) is 3.43. The Bertz CT molecular complexity index is 475. The van der Waals surface area contributed by atoms with Crippen molar-refractivity contribution in [2.45, 2.75) is 37.8 Å². The monoisotopic (exact) mass is 385 g/mol. The fraction of sp³-hybridized carbons (Fsp3) is 0.706. The lowest BCUT2D eigenvalue weighted by Gasteiger charge is -2.19. The number of likely N-dealkylation sites (N-methyl/N-ethyl adjacent to an activating group) is 2. The number of hydrogen-bond acceptors (Lipinski definition) is 5. The van der Waals surface area contributed by atoms with Gasteiger partial charge in [-0.05, 0) is 74.9 Å². The van der Waals surface area contributed by atoms with Crippen molar-refractivity contribution in [3.8, 4) is 5.75 Å². The molecule has 0 aromatic carbocycles. The zero-order valence-electron chi connectivity index (χ0n) is 14.1. The minimum atomic E-state index is 0.330. The Kier molecular flexibility index (Phi) is 7.76. The van der Waals surface area contributed by atoms with E-state index in [-0.39, 0.29) is 0 Å². The Morgan fingerprint density at radius 3 is 2.30 bits per heavy atom. The summed E-state index contributed by atoms with van der Waals surface area (Å²) < 4.78 is 6.67. The summed E-state index contributed by atoms with van der Waals surface area (Å²) >= 11 is 3.37. The first-order chi connectivity index (χ1) is 11.1. The minimum Gasteiger partial charge on any atom is -0.490 e. The van der Waals surface area contributed by atoms with Gasteiger partial charge in [-0.3, -0.25) is 4.98 Å². The zero-order valence-corrected chi connectivity index (χ0v) is 15.7. The van der Waals surface area contributed by atoms with Crippen LogP contribution in [0.1, 0.15) is 25.7 Å². The topological polar surface area (TPSA) is 48.8 Å². The maximum atomic E-state index is 8.69. The number of rotatable bonds is 4. The van der Waals surface area contributed by atoms with Crippen molar-refractivity contribution in [3.05, 3.63) is 22.9 Å². The predicted molar refractivity (Wildman–Crippen MR) is 95.8 cm³/mol. The third-order valence-electron chi connectivity index (χ3n) is 4.68. The second-order valence-electron chi connectivity index (χ2n) is 6.39. The molecule has 0 aliphatic carbocycles. The number of aliphatic hydroxyl groups is 1. The normalized spacial score (nSPS) is 25.2. The van der Waals surface area contributed by atoms with Crippen molar-refractivity contribution in [3.63, 3.8) is 0 Å². The van der Waals surface area contributed by atoms with Gasteiger partial charge in [0.2, 0.25) is 0 Å². The molecule has 130 valence electrons. The molecule has 3 heterocycles. The van der Waals surface area contributed by atoms with Gasteiger partial charge in [-0.25, -0.2) is 0 Å².